The monoisotopic (exact) mass is 432 g/mol. The normalized spacial score (nSPS) is 14.8. The van der Waals surface area contributed by atoms with Crippen LogP contribution in [0.1, 0.15) is 60.3 Å². The number of hydrogen-bond acceptors (Lipinski definition) is 3. The lowest BCUT2D eigenvalue weighted by Crippen LogP contribution is -2.47. The molecule has 0 saturated heterocycles. The van der Waals surface area contributed by atoms with Gasteiger partial charge in [-0.25, -0.2) is 13.2 Å². The van der Waals surface area contributed by atoms with Gasteiger partial charge in [-0.1, -0.05) is 26.3 Å². The van der Waals surface area contributed by atoms with E-state index in [1.54, 1.807) is 47.1 Å². The Bertz CT molecular complexity index is 616. The van der Waals surface area contributed by atoms with Crippen molar-refractivity contribution in [2.24, 2.45) is 0 Å². The van der Waals surface area contributed by atoms with Crippen molar-refractivity contribution in [3.05, 3.63) is 35.4 Å². The van der Waals surface area contributed by atoms with Gasteiger partial charge in [-0.05, 0) is 51.5 Å². The number of allylic oxidation sites excluding steroid dienone is 5. The van der Waals surface area contributed by atoms with Crippen LogP contribution in [0.4, 0.5) is 13.2 Å². The van der Waals surface area contributed by atoms with E-state index in [4.69, 9.17) is 4.74 Å². The molecule has 0 aromatic carbocycles. The first-order valence-corrected chi connectivity index (χ1v) is 10.6. The first-order chi connectivity index (χ1) is 14.0. The second-order valence-corrected chi connectivity index (χ2v) is 7.69. The van der Waals surface area contributed by atoms with E-state index in [-0.39, 0.29) is 37.7 Å². The highest BCUT2D eigenvalue weighted by Gasteiger charge is 2.29. The first kappa shape index (κ1) is 28.2. The summed E-state index contributed by atoms with van der Waals surface area (Å²) in [7, 11) is 3.08. The molecule has 1 amide bonds. The van der Waals surface area contributed by atoms with E-state index in [1.165, 1.54) is 17.9 Å². The molecule has 4 nitrogen and oxygen atoms in total. The zero-order valence-corrected chi connectivity index (χ0v) is 19.6. The minimum Gasteiger partial charge on any atom is -0.501 e. The predicted octanol–water partition coefficient (Wildman–Crippen LogP) is 5.72. The second-order valence-electron chi connectivity index (χ2n) is 7.69. The van der Waals surface area contributed by atoms with Crippen LogP contribution < -0.4 is 0 Å². The Hall–Kier alpha value is -1.76. The van der Waals surface area contributed by atoms with Gasteiger partial charge < -0.3 is 9.64 Å². The molecule has 0 aromatic rings. The molecule has 30 heavy (non-hydrogen) atoms. The Morgan fingerprint density at radius 3 is 2.37 bits per heavy atom. The standard InChI is InChI=1S/C23H39F3N2O2/c1-8-10-15-28(17-18(3)21(24)13-11-12-19(4)30-7)20(5)22(29)27(6)16-14-23(25,26)9-2/h11-13,20H,8-10,14-17H2,1-7H3/b13-11-,19-12+,21-18-. The number of alkyl halides is 2. The maximum atomic E-state index is 14.5. The summed E-state index contributed by atoms with van der Waals surface area (Å²) in [6.45, 7) is 9.58. The summed E-state index contributed by atoms with van der Waals surface area (Å²) in [5.74, 6) is -2.71. The van der Waals surface area contributed by atoms with Crippen molar-refractivity contribution >= 4 is 5.91 Å². The molecular formula is C23H39F3N2O2. The maximum absolute atomic E-state index is 14.5. The smallest absolute Gasteiger partial charge is 0.249 e. The van der Waals surface area contributed by atoms with Crippen LogP contribution in [0.2, 0.25) is 0 Å². The van der Waals surface area contributed by atoms with Crippen LogP contribution >= 0.6 is 0 Å². The molecule has 0 N–H and O–H groups in total. The van der Waals surface area contributed by atoms with Gasteiger partial charge in [0, 0.05) is 33.0 Å². The molecule has 0 saturated carbocycles. The molecule has 1 unspecified atom stereocenters. The second kappa shape index (κ2) is 14.3. The van der Waals surface area contributed by atoms with Crippen molar-refractivity contribution in [1.82, 2.24) is 9.80 Å². The Labute approximate surface area is 180 Å². The molecule has 7 heteroatoms. The lowest BCUT2D eigenvalue weighted by Gasteiger charge is -2.32. The Morgan fingerprint density at radius 2 is 1.83 bits per heavy atom. The van der Waals surface area contributed by atoms with E-state index < -0.39 is 12.0 Å². The van der Waals surface area contributed by atoms with Crippen LogP contribution in [-0.4, -0.2) is 61.5 Å². The van der Waals surface area contributed by atoms with Crippen LogP contribution in [0.3, 0.4) is 0 Å². The highest BCUT2D eigenvalue weighted by Crippen LogP contribution is 2.22. The van der Waals surface area contributed by atoms with Crippen LogP contribution in [0, 0.1) is 0 Å². The summed E-state index contributed by atoms with van der Waals surface area (Å²) in [5.41, 5.74) is 0.505. The van der Waals surface area contributed by atoms with E-state index in [1.807, 2.05) is 11.8 Å². The van der Waals surface area contributed by atoms with Gasteiger partial charge in [0.25, 0.3) is 0 Å². The largest absolute Gasteiger partial charge is 0.501 e. The first-order valence-electron chi connectivity index (χ1n) is 10.6. The number of rotatable bonds is 14. The third-order valence-corrected chi connectivity index (χ3v) is 5.15. The molecule has 0 aliphatic heterocycles. The third-order valence-electron chi connectivity index (χ3n) is 5.15. The van der Waals surface area contributed by atoms with E-state index >= 15 is 0 Å². The van der Waals surface area contributed by atoms with Crippen LogP contribution in [-0.2, 0) is 9.53 Å². The quantitative estimate of drug-likeness (QED) is 0.260. The number of halogens is 3. The number of likely N-dealkylation sites (N-methyl/N-ethyl adjacent to an activating group) is 1. The van der Waals surface area contributed by atoms with E-state index in [2.05, 4.69) is 0 Å². The molecule has 0 spiro atoms. The minimum atomic E-state index is -2.77. The summed E-state index contributed by atoms with van der Waals surface area (Å²) in [4.78, 5) is 16.0. The number of ether oxygens (including phenoxy) is 1. The highest BCUT2D eigenvalue weighted by atomic mass is 19.3. The molecule has 0 heterocycles. The molecule has 0 bridgehead atoms. The fourth-order valence-electron chi connectivity index (χ4n) is 2.72. The number of nitrogens with zero attached hydrogens (tertiary/aromatic N) is 2. The van der Waals surface area contributed by atoms with Gasteiger partial charge in [0.15, 0.2) is 0 Å². The van der Waals surface area contributed by atoms with Gasteiger partial charge in [0.2, 0.25) is 11.8 Å². The molecule has 174 valence electrons. The zero-order chi connectivity index (χ0) is 23.3. The molecular weight excluding hydrogens is 393 g/mol. The van der Waals surface area contributed by atoms with Gasteiger partial charge in [0.05, 0.1) is 18.9 Å². The lowest BCUT2D eigenvalue weighted by atomic mass is 10.1. The number of hydrogen-bond donors (Lipinski definition) is 0. The lowest BCUT2D eigenvalue weighted by molar-refractivity contribution is -0.136. The molecule has 0 aliphatic rings. The number of carbonyl (C=O) groups is 1. The van der Waals surface area contributed by atoms with E-state index in [0.29, 0.717) is 17.9 Å². The molecule has 0 aromatic heterocycles. The summed E-state index contributed by atoms with van der Waals surface area (Å²) < 4.78 is 46.5. The Morgan fingerprint density at radius 1 is 1.20 bits per heavy atom. The topological polar surface area (TPSA) is 32.8 Å². The maximum Gasteiger partial charge on any atom is 0.249 e. The van der Waals surface area contributed by atoms with E-state index in [9.17, 15) is 18.0 Å². The summed E-state index contributed by atoms with van der Waals surface area (Å²) in [6, 6.07) is -0.529. The van der Waals surface area contributed by atoms with Gasteiger partial charge in [0.1, 0.15) is 5.83 Å². The fourth-order valence-corrected chi connectivity index (χ4v) is 2.72. The van der Waals surface area contributed by atoms with Gasteiger partial charge in [-0.15, -0.1) is 0 Å². The number of amides is 1. The number of unbranched alkanes of at least 4 members (excludes halogenated alkanes) is 1. The van der Waals surface area contributed by atoms with Gasteiger partial charge in [-0.3, -0.25) is 9.69 Å². The summed E-state index contributed by atoms with van der Waals surface area (Å²) in [5, 5.41) is 0. The highest BCUT2D eigenvalue weighted by molar-refractivity contribution is 5.81. The number of carbonyl (C=O) groups excluding carboxylic acids is 1. The minimum absolute atomic E-state index is 0.0112. The van der Waals surface area contributed by atoms with Gasteiger partial charge in [-0.2, -0.15) is 0 Å². The van der Waals surface area contributed by atoms with Crippen molar-refractivity contribution in [2.75, 3.05) is 33.8 Å². The molecule has 0 fully saturated rings. The Balaban J connectivity index is 5.23. The SMILES string of the molecule is CCCCN(C/C(C)=C(F)/C=C\C=C(/C)OC)C(C)C(=O)N(C)CCC(F)(F)CC. The predicted molar refractivity (Wildman–Crippen MR) is 117 cm³/mol. The molecule has 0 rings (SSSR count). The molecule has 0 radical (unpaired) electrons. The fraction of sp³-hybridized carbons (Fsp3) is 0.696. The summed E-state index contributed by atoms with van der Waals surface area (Å²) >= 11 is 0. The molecule has 0 aliphatic carbocycles. The third kappa shape index (κ3) is 10.9. The van der Waals surface area contributed by atoms with Crippen molar-refractivity contribution in [1.29, 1.82) is 0 Å². The number of methoxy groups -OCH3 is 1. The molecule has 1 atom stereocenters. The van der Waals surface area contributed by atoms with Gasteiger partial charge >= 0.3 is 0 Å². The van der Waals surface area contributed by atoms with Crippen LogP contribution in [0.5, 0.6) is 0 Å². The Kier molecular flexibility index (Phi) is 13.4. The zero-order valence-electron chi connectivity index (χ0n) is 19.6. The van der Waals surface area contributed by atoms with Crippen molar-refractivity contribution in [2.45, 2.75) is 72.3 Å². The van der Waals surface area contributed by atoms with Crippen molar-refractivity contribution < 1.29 is 22.7 Å². The summed E-state index contributed by atoms with van der Waals surface area (Å²) in [6.07, 6.45) is 5.78. The van der Waals surface area contributed by atoms with Crippen molar-refractivity contribution in [3.63, 3.8) is 0 Å². The van der Waals surface area contributed by atoms with E-state index in [0.717, 1.165) is 12.8 Å². The van der Waals surface area contributed by atoms with Crippen LogP contribution in [0.25, 0.3) is 0 Å². The average molecular weight is 433 g/mol. The van der Waals surface area contributed by atoms with Crippen molar-refractivity contribution in [3.8, 4) is 0 Å². The average Bonchev–Trinajstić information content (AvgIpc) is 2.73. The van der Waals surface area contributed by atoms with Crippen LogP contribution in [0.15, 0.2) is 35.4 Å².